The van der Waals surface area contributed by atoms with Gasteiger partial charge in [0.25, 0.3) is 11.8 Å². The largest absolute Gasteiger partial charge is 0.402 e. The molecule has 6 N–H and O–H groups in total. The third-order valence-electron chi connectivity index (χ3n) is 5.52. The van der Waals surface area contributed by atoms with Crippen molar-refractivity contribution in [2.24, 2.45) is 17.4 Å². The molecule has 1 aliphatic rings. The standard InChI is InChI=1S/C23H29F3N8O2/c1-29-22(36)19-13-34(33-32-19)12-16(24)4-5-17(27)6-7-20(28)31-21(35)11-18-10-15(8-9-30-18)23(25,26)14-2-3-14/h6-10,13-14,16H,2-5,11-12,27-28H2,1H3,(H,29,36)(H,31,35)/b17-6-,20-7+. The number of aromatic nitrogens is 4. The van der Waals surface area contributed by atoms with Crippen LogP contribution in [0.2, 0.25) is 0 Å². The van der Waals surface area contributed by atoms with Gasteiger partial charge in [-0.3, -0.25) is 14.6 Å². The first-order valence-electron chi connectivity index (χ1n) is 11.4. The van der Waals surface area contributed by atoms with E-state index in [0.717, 1.165) is 0 Å². The number of carbonyl (C=O) groups excluding carboxylic acids is 2. The average molecular weight is 507 g/mol. The summed E-state index contributed by atoms with van der Waals surface area (Å²) in [5.74, 6) is -4.54. The molecule has 194 valence electrons. The van der Waals surface area contributed by atoms with Gasteiger partial charge < -0.3 is 22.1 Å². The average Bonchev–Trinajstić information content (AvgIpc) is 3.61. The van der Waals surface area contributed by atoms with E-state index in [4.69, 9.17) is 11.5 Å². The number of nitrogens with one attached hydrogen (secondary N) is 2. The van der Waals surface area contributed by atoms with Crippen molar-refractivity contribution in [3.05, 3.63) is 65.1 Å². The minimum Gasteiger partial charge on any atom is -0.402 e. The first-order valence-corrected chi connectivity index (χ1v) is 11.4. The van der Waals surface area contributed by atoms with Crippen molar-refractivity contribution < 1.29 is 22.8 Å². The van der Waals surface area contributed by atoms with E-state index in [1.54, 1.807) is 0 Å². The zero-order chi connectivity index (χ0) is 26.3. The molecule has 2 heterocycles. The van der Waals surface area contributed by atoms with Crippen LogP contribution in [0.1, 0.15) is 47.4 Å². The van der Waals surface area contributed by atoms with E-state index < -0.39 is 29.8 Å². The Morgan fingerprint density at radius 3 is 2.75 bits per heavy atom. The van der Waals surface area contributed by atoms with Gasteiger partial charge in [-0.1, -0.05) is 5.21 Å². The molecule has 13 heteroatoms. The van der Waals surface area contributed by atoms with Gasteiger partial charge in [-0.15, -0.1) is 5.10 Å². The fourth-order valence-corrected chi connectivity index (χ4v) is 3.39. The van der Waals surface area contributed by atoms with Crippen LogP contribution >= 0.6 is 0 Å². The molecule has 10 nitrogen and oxygen atoms in total. The third kappa shape index (κ3) is 7.55. The molecule has 36 heavy (non-hydrogen) atoms. The van der Waals surface area contributed by atoms with E-state index in [1.165, 1.54) is 48.4 Å². The summed E-state index contributed by atoms with van der Waals surface area (Å²) in [5, 5.41) is 12.2. The van der Waals surface area contributed by atoms with Crippen molar-refractivity contribution in [3.63, 3.8) is 0 Å². The van der Waals surface area contributed by atoms with Gasteiger partial charge in [0.05, 0.1) is 24.9 Å². The SMILES string of the molecule is CNC(=O)c1cn(CC(F)CC/C(N)=C/C=C(\N)NC(=O)Cc2cc(C(F)(F)C3CC3)ccn2)nn1. The fourth-order valence-electron chi connectivity index (χ4n) is 3.39. The Hall–Kier alpha value is -3.90. The molecule has 2 aromatic rings. The van der Waals surface area contributed by atoms with Gasteiger partial charge in [0.1, 0.15) is 12.0 Å². The lowest BCUT2D eigenvalue weighted by molar-refractivity contribution is -0.119. The maximum absolute atomic E-state index is 14.3. The molecule has 3 rings (SSSR count). The molecule has 0 aromatic carbocycles. The number of allylic oxidation sites excluding steroid dienone is 3. The maximum Gasteiger partial charge on any atom is 0.276 e. The van der Waals surface area contributed by atoms with Gasteiger partial charge in [0.15, 0.2) is 5.69 Å². The molecule has 0 radical (unpaired) electrons. The molecule has 0 aliphatic heterocycles. The lowest BCUT2D eigenvalue weighted by Gasteiger charge is -2.16. The highest BCUT2D eigenvalue weighted by Crippen LogP contribution is 2.49. The molecule has 0 saturated heterocycles. The quantitative estimate of drug-likeness (QED) is 0.319. The maximum atomic E-state index is 14.3. The molecule has 2 aromatic heterocycles. The van der Waals surface area contributed by atoms with Gasteiger partial charge in [-0.25, -0.2) is 17.9 Å². The van der Waals surface area contributed by atoms with Gasteiger partial charge in [-0.2, -0.15) is 0 Å². The Morgan fingerprint density at radius 2 is 2.06 bits per heavy atom. The molecule has 0 bridgehead atoms. The summed E-state index contributed by atoms with van der Waals surface area (Å²) in [6, 6.07) is 2.50. The summed E-state index contributed by atoms with van der Waals surface area (Å²) < 4.78 is 44.1. The number of amides is 2. The highest BCUT2D eigenvalue weighted by Gasteiger charge is 2.48. The number of pyridine rings is 1. The lowest BCUT2D eigenvalue weighted by atomic mass is 10.0. The molecular formula is C23H29F3N8O2. The number of alkyl halides is 3. The molecule has 2 amide bonds. The van der Waals surface area contributed by atoms with Gasteiger partial charge in [0.2, 0.25) is 5.91 Å². The summed E-state index contributed by atoms with van der Waals surface area (Å²) >= 11 is 0. The van der Waals surface area contributed by atoms with Crippen molar-refractivity contribution in [2.45, 2.75) is 50.7 Å². The zero-order valence-electron chi connectivity index (χ0n) is 19.8. The minimum atomic E-state index is -2.93. The fraction of sp³-hybridized carbons (Fsp3) is 0.435. The third-order valence-corrected chi connectivity index (χ3v) is 5.52. The first-order chi connectivity index (χ1) is 17.1. The van der Waals surface area contributed by atoms with Crippen LogP contribution in [0.25, 0.3) is 0 Å². The summed E-state index contributed by atoms with van der Waals surface area (Å²) in [6.45, 7) is -0.0901. The van der Waals surface area contributed by atoms with Crippen LogP contribution in [-0.4, -0.2) is 45.0 Å². The first kappa shape index (κ1) is 26.7. The molecular weight excluding hydrogens is 477 g/mol. The van der Waals surface area contributed by atoms with Crippen LogP contribution in [0.5, 0.6) is 0 Å². The summed E-state index contributed by atoms with van der Waals surface area (Å²) in [5.41, 5.74) is 12.1. The number of hydrogen-bond donors (Lipinski definition) is 4. The van der Waals surface area contributed by atoms with Crippen molar-refractivity contribution in [1.82, 2.24) is 30.6 Å². The Kier molecular flexibility index (Phi) is 8.67. The Labute approximate surface area is 206 Å². The number of rotatable bonds is 12. The van der Waals surface area contributed by atoms with Gasteiger partial charge in [-0.05, 0) is 50.0 Å². The van der Waals surface area contributed by atoms with Gasteiger partial charge >= 0.3 is 0 Å². The highest BCUT2D eigenvalue weighted by molar-refractivity contribution is 5.91. The second-order valence-corrected chi connectivity index (χ2v) is 8.56. The van der Waals surface area contributed by atoms with Crippen LogP contribution < -0.4 is 22.1 Å². The molecule has 1 atom stereocenters. The molecule has 1 saturated carbocycles. The second-order valence-electron chi connectivity index (χ2n) is 8.56. The van der Waals surface area contributed by atoms with E-state index in [1.807, 2.05) is 0 Å². The highest BCUT2D eigenvalue weighted by atomic mass is 19.3. The second kappa shape index (κ2) is 11.7. The van der Waals surface area contributed by atoms with Crippen LogP contribution in [0.4, 0.5) is 13.2 Å². The minimum absolute atomic E-state index is 0.0106. The van der Waals surface area contributed by atoms with E-state index in [9.17, 15) is 22.8 Å². The van der Waals surface area contributed by atoms with Crippen LogP contribution in [-0.2, 0) is 23.7 Å². The Morgan fingerprint density at radius 1 is 1.31 bits per heavy atom. The van der Waals surface area contributed by atoms with E-state index in [2.05, 4.69) is 25.9 Å². The monoisotopic (exact) mass is 506 g/mol. The number of nitrogens with two attached hydrogens (primary N) is 2. The summed E-state index contributed by atoms with van der Waals surface area (Å²) in [4.78, 5) is 27.7. The lowest BCUT2D eigenvalue weighted by Crippen LogP contribution is -2.29. The number of nitrogens with zero attached hydrogens (tertiary/aromatic N) is 4. The molecule has 0 spiro atoms. The molecule has 1 aliphatic carbocycles. The van der Waals surface area contributed by atoms with Crippen molar-refractivity contribution in [2.75, 3.05) is 7.05 Å². The Bertz CT molecular complexity index is 1140. The smallest absolute Gasteiger partial charge is 0.276 e. The zero-order valence-corrected chi connectivity index (χ0v) is 19.8. The summed E-state index contributed by atoms with van der Waals surface area (Å²) in [7, 11) is 1.45. The normalized spacial score (nSPS) is 15.4. The van der Waals surface area contributed by atoms with Crippen LogP contribution in [0, 0.1) is 5.92 Å². The molecule has 1 unspecified atom stereocenters. The molecule has 1 fully saturated rings. The van der Waals surface area contributed by atoms with E-state index >= 15 is 0 Å². The predicted octanol–water partition coefficient (Wildman–Crippen LogP) is 1.65. The number of carbonyl (C=O) groups is 2. The summed E-state index contributed by atoms with van der Waals surface area (Å²) in [6.07, 6.45) is 5.17. The topological polar surface area (TPSA) is 154 Å². The van der Waals surface area contributed by atoms with Crippen molar-refractivity contribution in [3.8, 4) is 0 Å². The van der Waals surface area contributed by atoms with E-state index in [-0.39, 0.29) is 48.6 Å². The van der Waals surface area contributed by atoms with E-state index in [0.29, 0.717) is 18.5 Å². The van der Waals surface area contributed by atoms with Crippen LogP contribution in [0.15, 0.2) is 48.2 Å². The van der Waals surface area contributed by atoms with Crippen LogP contribution in [0.3, 0.4) is 0 Å². The Balaban J connectivity index is 1.44. The number of hydrogen-bond acceptors (Lipinski definition) is 7. The van der Waals surface area contributed by atoms with Crippen molar-refractivity contribution >= 4 is 11.8 Å². The van der Waals surface area contributed by atoms with Gasteiger partial charge in [0, 0.05) is 30.4 Å². The predicted molar refractivity (Wildman–Crippen MR) is 125 cm³/mol. The number of halogens is 3. The van der Waals surface area contributed by atoms with Crippen molar-refractivity contribution in [1.29, 1.82) is 0 Å².